The third-order valence-corrected chi connectivity index (χ3v) is 4.73. The molecule has 1 aromatic rings. The highest BCUT2D eigenvalue weighted by atomic mass is 32.2. The van der Waals surface area contributed by atoms with Crippen molar-refractivity contribution in [1.29, 1.82) is 0 Å². The number of nitrogens with one attached hydrogen (secondary N) is 1. The van der Waals surface area contributed by atoms with Crippen molar-refractivity contribution in [1.82, 2.24) is 5.32 Å². The predicted octanol–water partition coefficient (Wildman–Crippen LogP) is 0.539. The molecule has 2 rings (SSSR count). The smallest absolute Gasteiger partial charge is 0.238 e. The van der Waals surface area contributed by atoms with E-state index in [-0.39, 0.29) is 6.10 Å². The van der Waals surface area contributed by atoms with E-state index in [0.29, 0.717) is 6.54 Å². The van der Waals surface area contributed by atoms with Crippen molar-refractivity contribution in [3.05, 3.63) is 29.8 Å². The summed E-state index contributed by atoms with van der Waals surface area (Å²) in [5, 5.41) is 1.59. The van der Waals surface area contributed by atoms with Crippen molar-refractivity contribution < 1.29 is 17.9 Å². The van der Waals surface area contributed by atoms with E-state index in [0.717, 1.165) is 24.0 Å². The molecule has 0 bridgehead atoms. The Labute approximate surface area is 112 Å². The third kappa shape index (κ3) is 3.26. The molecular formula is C13H17NO4S. The van der Waals surface area contributed by atoms with Gasteiger partial charge in [-0.25, -0.2) is 8.42 Å². The first-order chi connectivity index (χ1) is 8.88. The number of hydrogen-bond acceptors (Lipinski definition) is 4. The minimum atomic E-state index is -3.35. The molecule has 1 N–H and O–H groups in total. The summed E-state index contributed by atoms with van der Waals surface area (Å²) in [6.07, 6.45) is 1.65. The molecule has 2 atom stereocenters. The molecule has 5 nitrogen and oxygen atoms in total. The predicted molar refractivity (Wildman–Crippen MR) is 71.9 cm³/mol. The Morgan fingerprint density at radius 2 is 2.16 bits per heavy atom. The van der Waals surface area contributed by atoms with Crippen LogP contribution in [0.15, 0.2) is 24.3 Å². The van der Waals surface area contributed by atoms with Gasteiger partial charge >= 0.3 is 0 Å². The van der Waals surface area contributed by atoms with Crippen LogP contribution in [-0.2, 0) is 21.1 Å². The standard InChI is InChI=1S/C13H17NO4S/c1-9(19(2,16)17)13(15)14-8-11-7-10-5-3-4-6-12(10)18-11/h3-6,9,11H,7-8H2,1-2H3,(H,14,15)/t9-,11+/m0/s1. The number of hydrogen-bond donors (Lipinski definition) is 1. The van der Waals surface area contributed by atoms with Gasteiger partial charge in [0.1, 0.15) is 17.1 Å². The van der Waals surface area contributed by atoms with Gasteiger partial charge in [0.15, 0.2) is 9.84 Å². The van der Waals surface area contributed by atoms with Gasteiger partial charge in [0, 0.05) is 12.7 Å². The molecule has 1 aliphatic heterocycles. The molecule has 1 heterocycles. The van der Waals surface area contributed by atoms with Gasteiger partial charge in [0.25, 0.3) is 0 Å². The minimum Gasteiger partial charge on any atom is -0.488 e. The average Bonchev–Trinajstić information content (AvgIpc) is 2.76. The van der Waals surface area contributed by atoms with Crippen LogP contribution in [0.3, 0.4) is 0 Å². The highest BCUT2D eigenvalue weighted by Crippen LogP contribution is 2.27. The largest absolute Gasteiger partial charge is 0.488 e. The monoisotopic (exact) mass is 283 g/mol. The fourth-order valence-corrected chi connectivity index (χ4v) is 2.39. The van der Waals surface area contributed by atoms with Crippen LogP contribution in [0, 0.1) is 0 Å². The van der Waals surface area contributed by atoms with Gasteiger partial charge in [-0.15, -0.1) is 0 Å². The van der Waals surface area contributed by atoms with Crippen molar-refractivity contribution in [2.45, 2.75) is 24.7 Å². The lowest BCUT2D eigenvalue weighted by Gasteiger charge is -2.14. The molecule has 6 heteroatoms. The SMILES string of the molecule is C[C@@H](C(=O)NC[C@H]1Cc2ccccc2O1)S(C)(=O)=O. The van der Waals surface area contributed by atoms with Crippen LogP contribution in [0.25, 0.3) is 0 Å². The first kappa shape index (κ1) is 13.9. The molecule has 1 aliphatic rings. The van der Waals surface area contributed by atoms with Crippen molar-refractivity contribution in [3.8, 4) is 5.75 Å². The number of rotatable bonds is 4. The van der Waals surface area contributed by atoms with Crippen LogP contribution < -0.4 is 10.1 Å². The van der Waals surface area contributed by atoms with Crippen LogP contribution >= 0.6 is 0 Å². The summed E-state index contributed by atoms with van der Waals surface area (Å²) in [6, 6.07) is 7.70. The second-order valence-corrected chi connectivity index (χ2v) is 7.13. The number of ether oxygens (including phenoxy) is 1. The fraction of sp³-hybridized carbons (Fsp3) is 0.462. The van der Waals surface area contributed by atoms with Gasteiger partial charge in [-0.1, -0.05) is 18.2 Å². The fourth-order valence-electron chi connectivity index (χ4n) is 1.92. The lowest BCUT2D eigenvalue weighted by Crippen LogP contribution is -2.42. The van der Waals surface area contributed by atoms with Crippen LogP contribution in [0.4, 0.5) is 0 Å². The maximum absolute atomic E-state index is 11.7. The van der Waals surface area contributed by atoms with Crippen LogP contribution in [-0.4, -0.2) is 38.5 Å². The summed E-state index contributed by atoms with van der Waals surface area (Å²) in [6.45, 7) is 1.70. The minimum absolute atomic E-state index is 0.131. The summed E-state index contributed by atoms with van der Waals surface area (Å²) < 4.78 is 28.2. The van der Waals surface area contributed by atoms with E-state index in [4.69, 9.17) is 4.74 Å². The molecule has 0 saturated carbocycles. The lowest BCUT2D eigenvalue weighted by molar-refractivity contribution is -0.120. The molecule has 0 aliphatic carbocycles. The molecular weight excluding hydrogens is 266 g/mol. The van der Waals surface area contributed by atoms with Crippen molar-refractivity contribution in [2.75, 3.05) is 12.8 Å². The van der Waals surface area contributed by atoms with E-state index in [1.807, 2.05) is 24.3 Å². The molecule has 1 amide bonds. The molecule has 0 aromatic heterocycles. The molecule has 19 heavy (non-hydrogen) atoms. The number of carbonyl (C=O) groups is 1. The van der Waals surface area contributed by atoms with Crippen molar-refractivity contribution in [2.24, 2.45) is 0 Å². The second kappa shape index (κ2) is 5.21. The Balaban J connectivity index is 1.87. The van der Waals surface area contributed by atoms with E-state index in [9.17, 15) is 13.2 Å². The number of carbonyl (C=O) groups excluding carboxylic acids is 1. The second-order valence-electron chi connectivity index (χ2n) is 4.77. The molecule has 1 aromatic carbocycles. The van der Waals surface area contributed by atoms with Gasteiger partial charge in [0.2, 0.25) is 5.91 Å². The Morgan fingerprint density at radius 3 is 2.79 bits per heavy atom. The van der Waals surface area contributed by atoms with E-state index >= 15 is 0 Å². The zero-order valence-electron chi connectivity index (χ0n) is 10.9. The summed E-state index contributed by atoms with van der Waals surface area (Å²) in [4.78, 5) is 11.7. The topological polar surface area (TPSA) is 72.5 Å². The molecule has 0 fully saturated rings. The van der Waals surface area contributed by atoms with Crippen LogP contribution in [0.1, 0.15) is 12.5 Å². The van der Waals surface area contributed by atoms with E-state index < -0.39 is 21.0 Å². The van der Waals surface area contributed by atoms with Gasteiger partial charge in [-0.05, 0) is 18.6 Å². The zero-order valence-corrected chi connectivity index (χ0v) is 11.7. The summed E-state index contributed by atoms with van der Waals surface area (Å²) in [5.74, 6) is 0.347. The van der Waals surface area contributed by atoms with Gasteiger partial charge in [-0.3, -0.25) is 4.79 Å². The highest BCUT2D eigenvalue weighted by Gasteiger charge is 2.26. The number of benzene rings is 1. The van der Waals surface area contributed by atoms with Crippen LogP contribution in [0.2, 0.25) is 0 Å². The van der Waals surface area contributed by atoms with E-state index in [1.165, 1.54) is 6.92 Å². The number of fused-ring (bicyclic) bond motifs is 1. The maximum Gasteiger partial charge on any atom is 0.238 e. The summed E-state index contributed by atoms with van der Waals surface area (Å²) >= 11 is 0. The van der Waals surface area contributed by atoms with E-state index in [2.05, 4.69) is 5.32 Å². The maximum atomic E-state index is 11.7. The first-order valence-electron chi connectivity index (χ1n) is 6.09. The Hall–Kier alpha value is -1.56. The lowest BCUT2D eigenvalue weighted by atomic mass is 10.1. The Morgan fingerprint density at radius 1 is 1.47 bits per heavy atom. The normalized spacial score (nSPS) is 19.4. The van der Waals surface area contributed by atoms with Crippen LogP contribution in [0.5, 0.6) is 5.75 Å². The molecule has 104 valence electrons. The molecule has 0 radical (unpaired) electrons. The quantitative estimate of drug-likeness (QED) is 0.875. The highest BCUT2D eigenvalue weighted by molar-refractivity contribution is 7.92. The number of para-hydroxylation sites is 1. The molecule has 0 unspecified atom stereocenters. The van der Waals surface area contributed by atoms with Gasteiger partial charge in [0.05, 0.1) is 6.54 Å². The summed E-state index contributed by atoms with van der Waals surface area (Å²) in [5.41, 5.74) is 1.11. The number of amides is 1. The molecule has 0 saturated heterocycles. The average molecular weight is 283 g/mol. The Kier molecular flexibility index (Phi) is 3.80. The third-order valence-electron chi connectivity index (χ3n) is 3.23. The first-order valence-corrected chi connectivity index (χ1v) is 8.04. The van der Waals surface area contributed by atoms with Crippen molar-refractivity contribution >= 4 is 15.7 Å². The van der Waals surface area contributed by atoms with Gasteiger partial charge in [-0.2, -0.15) is 0 Å². The van der Waals surface area contributed by atoms with E-state index in [1.54, 1.807) is 0 Å². The Bertz CT molecular complexity index is 557. The zero-order chi connectivity index (χ0) is 14.0. The van der Waals surface area contributed by atoms with Gasteiger partial charge < -0.3 is 10.1 Å². The van der Waals surface area contributed by atoms with Crippen molar-refractivity contribution in [3.63, 3.8) is 0 Å². The number of sulfone groups is 1. The molecule has 0 spiro atoms. The summed E-state index contributed by atoms with van der Waals surface area (Å²) in [7, 11) is -3.35.